The molecule has 0 atom stereocenters. The number of benzene rings is 2. The summed E-state index contributed by atoms with van der Waals surface area (Å²) in [5.41, 5.74) is 1.20. The van der Waals surface area contributed by atoms with E-state index < -0.39 is 0 Å². The van der Waals surface area contributed by atoms with Crippen molar-refractivity contribution >= 4 is 34.8 Å². The smallest absolute Gasteiger partial charge is 0.491 e. The van der Waals surface area contributed by atoms with Crippen molar-refractivity contribution in [3.63, 3.8) is 0 Å². The summed E-state index contributed by atoms with van der Waals surface area (Å²) in [6, 6.07) is 18.5. The first-order chi connectivity index (χ1) is 7.90. The van der Waals surface area contributed by atoms with Crippen molar-refractivity contribution in [3.05, 3.63) is 60.2 Å². The molecule has 1 nitrogen and oxygen atoms in total. The molecule has 0 bridgehead atoms. The number of hydrogen-bond acceptors (Lipinski definition) is 1. The van der Waals surface area contributed by atoms with E-state index in [1.807, 2.05) is 30.3 Å². The summed E-state index contributed by atoms with van der Waals surface area (Å²) in [6.45, 7) is 0.638. The zero-order valence-corrected chi connectivity index (χ0v) is 11.9. The van der Waals surface area contributed by atoms with E-state index in [2.05, 4.69) is 37.1 Å². The van der Waals surface area contributed by atoms with Crippen LogP contribution in [-0.2, 0) is 6.61 Å². The van der Waals surface area contributed by atoms with Gasteiger partial charge < -0.3 is 4.74 Å². The van der Waals surface area contributed by atoms with Crippen LogP contribution in [0.2, 0.25) is 0 Å². The predicted molar refractivity (Wildman–Crippen MR) is 71.5 cm³/mol. The van der Waals surface area contributed by atoms with E-state index in [9.17, 15) is 0 Å². The van der Waals surface area contributed by atoms with E-state index in [1.165, 1.54) is 9.26 Å². The van der Waals surface area contributed by atoms with E-state index in [0.717, 1.165) is 5.75 Å². The lowest BCUT2D eigenvalue weighted by Crippen LogP contribution is -2.12. The van der Waals surface area contributed by atoms with Gasteiger partial charge in [-0.15, -0.1) is 3.69 Å². The van der Waals surface area contributed by atoms with Gasteiger partial charge in [-0.05, 0) is 11.6 Å². The maximum atomic E-state index is 5.82. The topological polar surface area (TPSA) is 9.23 Å². The van der Waals surface area contributed by atoms with Gasteiger partial charge in [0.2, 0.25) is 0 Å². The van der Waals surface area contributed by atoms with Crippen LogP contribution < -0.4 is 8.43 Å². The summed E-state index contributed by atoms with van der Waals surface area (Å²) in [4.78, 5) is 0. The molecule has 0 unspecified atom stereocenters. The van der Waals surface area contributed by atoms with Gasteiger partial charge in [-0.25, -0.2) is 0 Å². The predicted octanol–water partition coefficient (Wildman–Crippen LogP) is 2.91. The number of hydrogen-bond donors (Lipinski definition) is 0. The number of ether oxygens (including phenoxy) is 1. The van der Waals surface area contributed by atoms with Crippen molar-refractivity contribution in [2.45, 2.75) is 6.61 Å². The fraction of sp³-hybridized carbons (Fsp3) is 0.0769. The van der Waals surface area contributed by atoms with Crippen molar-refractivity contribution < 1.29 is 4.74 Å². The van der Waals surface area contributed by atoms with Gasteiger partial charge in [0.25, 0.3) is 0 Å². The lowest BCUT2D eigenvalue weighted by Gasteiger charge is -2.10. The molecule has 0 saturated heterocycles. The minimum Gasteiger partial charge on any atom is -0.491 e. The summed E-state index contributed by atoms with van der Waals surface area (Å²) in [5.74, 6) is 1.01. The lowest BCUT2D eigenvalue weighted by atomic mass is 10.2. The minimum atomic E-state index is -0.350. The van der Waals surface area contributed by atoms with Crippen molar-refractivity contribution in [2.75, 3.05) is 0 Å². The van der Waals surface area contributed by atoms with E-state index in [-0.39, 0.29) is 18.2 Å². The maximum Gasteiger partial charge on any atom is 0.512 e. The van der Waals surface area contributed by atoms with Crippen LogP contribution in [0.4, 0.5) is 0 Å². The third kappa shape index (κ3) is 3.24. The van der Waals surface area contributed by atoms with Gasteiger partial charge in [0.05, 0.1) is 5.75 Å². The molecule has 0 radical (unpaired) electrons. The molecule has 0 heterocycles. The van der Waals surface area contributed by atoms with E-state index >= 15 is 0 Å². The van der Waals surface area contributed by atoms with Crippen LogP contribution in [-0.4, -0.2) is 18.2 Å². The molecule has 0 aliphatic rings. The Morgan fingerprint density at radius 1 is 0.938 bits per heavy atom. The Morgan fingerprint density at radius 3 is 2.38 bits per heavy atom. The van der Waals surface area contributed by atoms with E-state index in [4.69, 9.17) is 4.74 Å². The molecular formula is C13H11BrMgO. The molecule has 2 aromatic rings. The number of halogens is 1. The van der Waals surface area contributed by atoms with Crippen molar-refractivity contribution in [3.8, 4) is 5.75 Å². The number of rotatable bonds is 4. The first-order valence-corrected chi connectivity index (χ1v) is 9.81. The van der Waals surface area contributed by atoms with Crippen LogP contribution in [0.15, 0.2) is 54.6 Å². The maximum absolute atomic E-state index is 5.82. The van der Waals surface area contributed by atoms with Gasteiger partial charge in [0.15, 0.2) is 0 Å². The molecule has 0 fully saturated rings. The Kier molecular flexibility index (Phi) is 4.69. The summed E-state index contributed by atoms with van der Waals surface area (Å²) in [5, 5.41) is 0. The Hall–Kier alpha value is -0.514. The Morgan fingerprint density at radius 2 is 1.62 bits per heavy atom. The van der Waals surface area contributed by atoms with Gasteiger partial charge in [0.1, 0.15) is 6.61 Å². The lowest BCUT2D eigenvalue weighted by molar-refractivity contribution is 0.309. The normalized spacial score (nSPS) is 9.56. The Labute approximate surface area is 111 Å². The van der Waals surface area contributed by atoms with Crippen LogP contribution in [0.1, 0.15) is 5.56 Å². The summed E-state index contributed by atoms with van der Waals surface area (Å²) >= 11 is 3.24. The van der Waals surface area contributed by atoms with E-state index in [0.29, 0.717) is 6.61 Å². The molecule has 0 aromatic heterocycles. The van der Waals surface area contributed by atoms with Crippen molar-refractivity contribution in [1.29, 1.82) is 0 Å². The third-order valence-electron chi connectivity index (χ3n) is 2.35. The second kappa shape index (κ2) is 6.28. The second-order valence-electron chi connectivity index (χ2n) is 3.52. The molecular weight excluding hydrogens is 276 g/mol. The molecule has 0 spiro atoms. The fourth-order valence-corrected chi connectivity index (χ4v) is 3.46. The summed E-state index contributed by atoms with van der Waals surface area (Å²) in [6.07, 6.45) is 0. The highest BCUT2D eigenvalue weighted by Crippen LogP contribution is 2.10. The van der Waals surface area contributed by atoms with Crippen molar-refractivity contribution in [2.24, 2.45) is 0 Å². The highest BCUT2D eigenvalue weighted by atomic mass is 79.9. The van der Waals surface area contributed by atoms with Crippen LogP contribution in [0, 0.1) is 0 Å². The minimum absolute atomic E-state index is 0.350. The monoisotopic (exact) mass is 286 g/mol. The number of para-hydroxylation sites is 1. The molecule has 0 aliphatic heterocycles. The molecule has 0 amide bonds. The van der Waals surface area contributed by atoms with Gasteiger partial charge in [0, 0.05) is 0 Å². The Balaban J connectivity index is 2.05. The third-order valence-corrected chi connectivity index (χ3v) is 5.04. The average molecular weight is 287 g/mol. The molecule has 0 aliphatic carbocycles. The molecule has 3 heteroatoms. The van der Waals surface area contributed by atoms with Crippen LogP contribution >= 0.6 is 12.9 Å². The van der Waals surface area contributed by atoms with Gasteiger partial charge in [-0.3, -0.25) is 12.9 Å². The molecule has 2 aromatic carbocycles. The zero-order valence-electron chi connectivity index (χ0n) is 8.90. The molecule has 2 rings (SSSR count). The molecule has 0 saturated carbocycles. The van der Waals surface area contributed by atoms with Crippen LogP contribution in [0.3, 0.4) is 0 Å². The van der Waals surface area contributed by atoms with Crippen LogP contribution in [0.5, 0.6) is 5.75 Å². The highest BCUT2D eigenvalue weighted by Gasteiger charge is 2.03. The van der Waals surface area contributed by atoms with E-state index in [1.54, 1.807) is 0 Å². The first kappa shape index (κ1) is 12.0. The highest BCUT2D eigenvalue weighted by molar-refractivity contribution is 9.23. The second-order valence-corrected chi connectivity index (χ2v) is 6.23. The summed E-state index contributed by atoms with van der Waals surface area (Å²) < 4.78 is 7.14. The quantitative estimate of drug-likeness (QED) is 0.786. The largest absolute Gasteiger partial charge is 0.512 e. The summed E-state index contributed by atoms with van der Waals surface area (Å²) in [7, 11) is 0. The molecule has 0 N–H and O–H groups in total. The Bertz CT molecular complexity index is 445. The average Bonchev–Trinajstić information content (AvgIpc) is 2.38. The van der Waals surface area contributed by atoms with Gasteiger partial charge >= 0.3 is 18.2 Å². The zero-order chi connectivity index (χ0) is 11.2. The standard InChI is InChI=1S/C13H11O.BrH.Mg/c1-3-7-12(8-4-1)11-14-13-9-5-2-6-10-13;;/h1-9H,11H2;1H;/q;;+1/p-1. The van der Waals surface area contributed by atoms with Gasteiger partial charge in [-0.2, -0.15) is 0 Å². The molecule has 16 heavy (non-hydrogen) atoms. The SMILES string of the molecule is [Br][Mg][c]1ccccc1OCc1ccccc1. The fourth-order valence-electron chi connectivity index (χ4n) is 1.49. The van der Waals surface area contributed by atoms with Crippen molar-refractivity contribution in [1.82, 2.24) is 0 Å². The van der Waals surface area contributed by atoms with Crippen LogP contribution in [0.25, 0.3) is 0 Å². The molecule has 78 valence electrons. The van der Waals surface area contributed by atoms with Gasteiger partial charge in [-0.1, -0.05) is 48.5 Å². The first-order valence-electron chi connectivity index (χ1n) is 5.21.